The number of nitrogens with one attached hydrogen (secondary N) is 2. The lowest BCUT2D eigenvalue weighted by Gasteiger charge is -2.09. The summed E-state index contributed by atoms with van der Waals surface area (Å²) >= 11 is 0. The van der Waals surface area contributed by atoms with Crippen molar-refractivity contribution in [1.82, 2.24) is 15.2 Å². The smallest absolute Gasteiger partial charge is 0.416 e. The predicted molar refractivity (Wildman–Crippen MR) is 80.6 cm³/mol. The monoisotopic (exact) mass is 335 g/mol. The van der Waals surface area contributed by atoms with E-state index in [1.54, 1.807) is 12.3 Å². The van der Waals surface area contributed by atoms with Gasteiger partial charge in [0, 0.05) is 5.69 Å². The molecule has 3 rings (SSSR count). The van der Waals surface area contributed by atoms with Gasteiger partial charge in [-0.15, -0.1) is 5.10 Å². The van der Waals surface area contributed by atoms with Crippen molar-refractivity contribution in [2.24, 2.45) is 0 Å². The van der Waals surface area contributed by atoms with Gasteiger partial charge >= 0.3 is 6.18 Å². The molecule has 2 aromatic heterocycles. The van der Waals surface area contributed by atoms with Gasteiger partial charge in [0.25, 0.3) is 0 Å². The number of aromatic nitrogens is 3. The van der Waals surface area contributed by atoms with Crippen LogP contribution in [0.15, 0.2) is 53.3 Å². The molecule has 24 heavy (non-hydrogen) atoms. The first kappa shape index (κ1) is 15.8. The number of anilines is 3. The minimum absolute atomic E-state index is 0.166. The van der Waals surface area contributed by atoms with Crippen LogP contribution in [-0.2, 0) is 12.7 Å². The van der Waals surface area contributed by atoms with Gasteiger partial charge in [-0.25, -0.2) is 0 Å². The molecule has 124 valence electrons. The summed E-state index contributed by atoms with van der Waals surface area (Å²) in [5.41, 5.74) is -0.297. The molecular weight excluding hydrogens is 323 g/mol. The van der Waals surface area contributed by atoms with Crippen LogP contribution in [0.5, 0.6) is 0 Å². The number of benzene rings is 1. The van der Waals surface area contributed by atoms with E-state index in [1.807, 2.05) is 6.07 Å². The first-order valence-corrected chi connectivity index (χ1v) is 6.91. The minimum Gasteiger partial charge on any atom is -0.467 e. The predicted octanol–water partition coefficient (Wildman–Crippen LogP) is 3.84. The second-order valence-corrected chi connectivity index (χ2v) is 4.80. The van der Waals surface area contributed by atoms with Crippen molar-refractivity contribution in [2.45, 2.75) is 12.7 Å². The van der Waals surface area contributed by atoms with Gasteiger partial charge in [-0.1, -0.05) is 0 Å². The van der Waals surface area contributed by atoms with Crippen LogP contribution in [0.2, 0.25) is 0 Å². The molecule has 0 aliphatic heterocycles. The van der Waals surface area contributed by atoms with Crippen LogP contribution >= 0.6 is 0 Å². The molecule has 9 heteroatoms. The zero-order valence-electron chi connectivity index (χ0n) is 12.2. The number of nitrogens with zero attached hydrogens (tertiary/aromatic N) is 3. The van der Waals surface area contributed by atoms with E-state index in [9.17, 15) is 13.2 Å². The van der Waals surface area contributed by atoms with Crippen LogP contribution in [-0.4, -0.2) is 15.2 Å². The zero-order valence-corrected chi connectivity index (χ0v) is 12.2. The van der Waals surface area contributed by atoms with Gasteiger partial charge in [-0.3, -0.25) is 0 Å². The van der Waals surface area contributed by atoms with Crippen LogP contribution in [0.3, 0.4) is 0 Å². The molecular formula is C15H12F3N5O. The topological polar surface area (TPSA) is 75.9 Å². The van der Waals surface area contributed by atoms with Crippen molar-refractivity contribution in [1.29, 1.82) is 0 Å². The van der Waals surface area contributed by atoms with E-state index in [1.165, 1.54) is 18.3 Å². The van der Waals surface area contributed by atoms with Crippen molar-refractivity contribution >= 4 is 17.5 Å². The van der Waals surface area contributed by atoms with Crippen molar-refractivity contribution in [3.63, 3.8) is 0 Å². The lowest BCUT2D eigenvalue weighted by molar-refractivity contribution is -0.137. The highest BCUT2D eigenvalue weighted by atomic mass is 19.4. The number of furan rings is 1. The molecule has 0 atom stereocenters. The Morgan fingerprint density at radius 2 is 1.88 bits per heavy atom. The Hall–Kier alpha value is -3.10. The maximum atomic E-state index is 12.5. The van der Waals surface area contributed by atoms with E-state index in [4.69, 9.17) is 4.42 Å². The van der Waals surface area contributed by atoms with E-state index in [0.29, 0.717) is 18.1 Å². The summed E-state index contributed by atoms with van der Waals surface area (Å²) in [6.07, 6.45) is -1.38. The van der Waals surface area contributed by atoms with Crippen molar-refractivity contribution in [2.75, 3.05) is 10.6 Å². The molecule has 0 aliphatic carbocycles. The Morgan fingerprint density at radius 3 is 2.54 bits per heavy atom. The molecule has 0 saturated heterocycles. The molecule has 0 bridgehead atoms. The summed E-state index contributed by atoms with van der Waals surface area (Å²) in [6.45, 7) is 0.422. The Labute approximate surface area is 134 Å². The highest BCUT2D eigenvalue weighted by Crippen LogP contribution is 2.30. The SMILES string of the molecule is FC(F)(F)c1ccc(Nc2nncc(NCc3ccco3)n2)cc1. The first-order chi connectivity index (χ1) is 11.5. The summed E-state index contributed by atoms with van der Waals surface area (Å²) < 4.78 is 42.8. The van der Waals surface area contributed by atoms with Crippen LogP contribution in [0.4, 0.5) is 30.6 Å². The average Bonchev–Trinajstić information content (AvgIpc) is 3.06. The fraction of sp³-hybridized carbons (Fsp3) is 0.133. The van der Waals surface area contributed by atoms with E-state index in [2.05, 4.69) is 25.8 Å². The van der Waals surface area contributed by atoms with E-state index >= 15 is 0 Å². The summed E-state index contributed by atoms with van der Waals surface area (Å²) in [4.78, 5) is 4.18. The molecule has 0 saturated carbocycles. The molecule has 0 radical (unpaired) electrons. The summed E-state index contributed by atoms with van der Waals surface area (Å²) in [5.74, 6) is 1.35. The van der Waals surface area contributed by atoms with Gasteiger partial charge in [0.1, 0.15) is 5.76 Å². The number of alkyl halides is 3. The van der Waals surface area contributed by atoms with E-state index in [-0.39, 0.29) is 5.95 Å². The van der Waals surface area contributed by atoms with Gasteiger partial charge < -0.3 is 15.1 Å². The van der Waals surface area contributed by atoms with Crippen LogP contribution in [0.25, 0.3) is 0 Å². The second kappa shape index (κ2) is 6.57. The third-order valence-corrected chi connectivity index (χ3v) is 3.05. The van der Waals surface area contributed by atoms with Gasteiger partial charge in [0.15, 0.2) is 5.82 Å². The third kappa shape index (κ3) is 4.00. The standard InChI is InChI=1S/C15H12F3N5O/c16-15(17,18)10-3-5-11(6-4-10)21-14-22-13(9-20-23-14)19-8-12-2-1-7-24-12/h1-7,9H,8H2,(H2,19,21,22,23). The fourth-order valence-corrected chi connectivity index (χ4v) is 1.90. The Bertz CT molecular complexity index is 788. The lowest BCUT2D eigenvalue weighted by atomic mass is 10.2. The Balaban J connectivity index is 1.65. The highest BCUT2D eigenvalue weighted by molar-refractivity contribution is 5.54. The first-order valence-electron chi connectivity index (χ1n) is 6.91. The van der Waals surface area contributed by atoms with E-state index < -0.39 is 11.7 Å². The third-order valence-electron chi connectivity index (χ3n) is 3.05. The molecule has 1 aromatic carbocycles. The molecule has 2 N–H and O–H groups in total. The minimum atomic E-state index is -4.37. The lowest BCUT2D eigenvalue weighted by Crippen LogP contribution is -2.06. The summed E-state index contributed by atoms with van der Waals surface area (Å²) in [7, 11) is 0. The maximum absolute atomic E-state index is 12.5. The normalized spacial score (nSPS) is 11.3. The van der Waals surface area contributed by atoms with Gasteiger partial charge in [0.2, 0.25) is 5.95 Å². The second-order valence-electron chi connectivity index (χ2n) is 4.80. The molecule has 0 unspecified atom stereocenters. The van der Waals surface area contributed by atoms with Gasteiger partial charge in [-0.2, -0.15) is 23.3 Å². The number of hydrogen-bond donors (Lipinski definition) is 2. The fourth-order valence-electron chi connectivity index (χ4n) is 1.90. The molecule has 0 fully saturated rings. The Kier molecular flexibility index (Phi) is 4.32. The van der Waals surface area contributed by atoms with Gasteiger partial charge in [-0.05, 0) is 36.4 Å². The number of hydrogen-bond acceptors (Lipinski definition) is 6. The zero-order chi connectivity index (χ0) is 17.0. The van der Waals surface area contributed by atoms with Crippen molar-refractivity contribution in [3.8, 4) is 0 Å². The highest BCUT2D eigenvalue weighted by Gasteiger charge is 2.29. The summed E-state index contributed by atoms with van der Waals surface area (Å²) in [5, 5.41) is 13.4. The Morgan fingerprint density at radius 1 is 1.08 bits per heavy atom. The molecule has 0 spiro atoms. The number of rotatable bonds is 5. The van der Waals surface area contributed by atoms with Gasteiger partial charge in [0.05, 0.1) is 24.6 Å². The molecule has 6 nitrogen and oxygen atoms in total. The van der Waals surface area contributed by atoms with E-state index in [0.717, 1.165) is 17.9 Å². The van der Waals surface area contributed by atoms with Crippen LogP contribution in [0.1, 0.15) is 11.3 Å². The average molecular weight is 335 g/mol. The molecule has 0 amide bonds. The maximum Gasteiger partial charge on any atom is 0.416 e. The van der Waals surface area contributed by atoms with Crippen LogP contribution < -0.4 is 10.6 Å². The van der Waals surface area contributed by atoms with Crippen molar-refractivity contribution < 1.29 is 17.6 Å². The molecule has 0 aliphatic rings. The largest absolute Gasteiger partial charge is 0.467 e. The molecule has 3 aromatic rings. The quantitative estimate of drug-likeness (QED) is 0.738. The molecule has 2 heterocycles. The van der Waals surface area contributed by atoms with Crippen LogP contribution in [0, 0.1) is 0 Å². The number of halogens is 3. The van der Waals surface area contributed by atoms with Crippen molar-refractivity contribution in [3.05, 3.63) is 60.2 Å². The summed E-state index contributed by atoms with van der Waals surface area (Å²) in [6, 6.07) is 8.14.